The molecule has 2 heterocycles. The third-order valence-electron chi connectivity index (χ3n) is 7.37. The minimum absolute atomic E-state index is 0.203. The molecule has 0 bridgehead atoms. The van der Waals surface area contributed by atoms with Gasteiger partial charge < -0.3 is 14.4 Å². The van der Waals surface area contributed by atoms with Gasteiger partial charge in [-0.3, -0.25) is 4.98 Å². The van der Waals surface area contributed by atoms with Crippen molar-refractivity contribution in [2.75, 3.05) is 13.1 Å². The number of aromatic nitrogens is 1. The number of para-hydroxylation sites is 1. The number of pyridine rings is 1. The normalized spacial score (nSPS) is 16.3. The summed E-state index contributed by atoms with van der Waals surface area (Å²) >= 11 is 0. The standard InChI is InChI=1S/C33H38N2O3/c1-33(2,3)38-32(36)35-19-17-27(18-20-35)29-21-28-14-13-26(15-16-31(28)34-22-29)25-11-9-24(10-12-25)23-37-30-7-5-4-6-8-30/h4-13,21-22,27H,14-20,23H2,1-3H3. The molecule has 1 aromatic heterocycles. The van der Waals surface area contributed by atoms with Gasteiger partial charge in [0.25, 0.3) is 0 Å². The molecule has 0 N–H and O–H groups in total. The van der Waals surface area contributed by atoms with Crippen molar-refractivity contribution < 1.29 is 14.3 Å². The first-order valence-corrected chi connectivity index (χ1v) is 13.8. The van der Waals surface area contributed by atoms with E-state index in [0.717, 1.165) is 50.9 Å². The number of nitrogens with zero attached hydrogens (tertiary/aromatic N) is 2. The van der Waals surface area contributed by atoms with Crippen LogP contribution in [0.3, 0.4) is 0 Å². The molecule has 0 saturated carbocycles. The third kappa shape index (κ3) is 6.63. The Kier molecular flexibility index (Phi) is 7.82. The van der Waals surface area contributed by atoms with Crippen molar-refractivity contribution >= 4 is 11.7 Å². The van der Waals surface area contributed by atoms with Crippen molar-refractivity contribution in [2.24, 2.45) is 0 Å². The molecule has 38 heavy (non-hydrogen) atoms. The number of ether oxygens (including phenoxy) is 2. The number of piperidine rings is 1. The van der Waals surface area contributed by atoms with Crippen LogP contribution in [0.25, 0.3) is 5.57 Å². The number of rotatable bonds is 5. The maximum Gasteiger partial charge on any atom is 0.410 e. The molecule has 5 heteroatoms. The molecule has 5 rings (SSSR count). The zero-order valence-corrected chi connectivity index (χ0v) is 22.8. The summed E-state index contributed by atoms with van der Waals surface area (Å²) in [5, 5.41) is 0. The number of aryl methyl sites for hydroxylation is 1. The molecule has 0 atom stereocenters. The molecule has 0 spiro atoms. The Bertz CT molecular complexity index is 1270. The van der Waals surface area contributed by atoms with Crippen LogP contribution in [0.5, 0.6) is 5.75 Å². The molecule has 0 radical (unpaired) electrons. The second kappa shape index (κ2) is 11.4. The topological polar surface area (TPSA) is 51.7 Å². The molecule has 1 amide bonds. The van der Waals surface area contributed by atoms with E-state index in [1.54, 1.807) is 0 Å². The molecule has 1 aliphatic carbocycles. The highest BCUT2D eigenvalue weighted by Crippen LogP contribution is 2.32. The molecule has 3 aromatic rings. The highest BCUT2D eigenvalue weighted by atomic mass is 16.6. The number of carbonyl (C=O) groups excluding carboxylic acids is 1. The van der Waals surface area contributed by atoms with Crippen LogP contribution in [0.4, 0.5) is 4.79 Å². The minimum Gasteiger partial charge on any atom is -0.489 e. The quantitative estimate of drug-likeness (QED) is 0.360. The molecule has 1 fully saturated rings. The van der Waals surface area contributed by atoms with Crippen LogP contribution >= 0.6 is 0 Å². The monoisotopic (exact) mass is 510 g/mol. The molecule has 0 unspecified atom stereocenters. The van der Waals surface area contributed by atoms with Crippen LogP contribution in [0, 0.1) is 0 Å². The van der Waals surface area contributed by atoms with E-state index in [1.165, 1.54) is 33.5 Å². The lowest BCUT2D eigenvalue weighted by molar-refractivity contribution is 0.0205. The first-order valence-electron chi connectivity index (χ1n) is 13.8. The van der Waals surface area contributed by atoms with E-state index in [1.807, 2.05) is 56.0 Å². The summed E-state index contributed by atoms with van der Waals surface area (Å²) in [6, 6.07) is 21.0. The lowest BCUT2D eigenvalue weighted by atomic mass is 9.89. The summed E-state index contributed by atoms with van der Waals surface area (Å²) in [7, 11) is 0. The second-order valence-corrected chi connectivity index (χ2v) is 11.3. The summed E-state index contributed by atoms with van der Waals surface area (Å²) in [5.41, 5.74) is 7.20. The van der Waals surface area contributed by atoms with Crippen LogP contribution in [-0.2, 0) is 24.2 Å². The van der Waals surface area contributed by atoms with Gasteiger partial charge in [-0.2, -0.15) is 0 Å². The number of fused-ring (bicyclic) bond motifs is 1. The van der Waals surface area contributed by atoms with Gasteiger partial charge in [0.1, 0.15) is 18.0 Å². The fourth-order valence-electron chi connectivity index (χ4n) is 5.25. The lowest BCUT2D eigenvalue weighted by Crippen LogP contribution is -2.41. The largest absolute Gasteiger partial charge is 0.489 e. The van der Waals surface area contributed by atoms with Crippen molar-refractivity contribution in [3.63, 3.8) is 0 Å². The van der Waals surface area contributed by atoms with Gasteiger partial charge in [-0.25, -0.2) is 4.79 Å². The van der Waals surface area contributed by atoms with Gasteiger partial charge in [0.2, 0.25) is 0 Å². The van der Waals surface area contributed by atoms with Crippen LogP contribution in [0.1, 0.15) is 73.9 Å². The molecule has 2 aromatic carbocycles. The van der Waals surface area contributed by atoms with Gasteiger partial charge in [0.05, 0.1) is 0 Å². The Morgan fingerprint density at radius 1 is 1.00 bits per heavy atom. The predicted molar refractivity (Wildman–Crippen MR) is 151 cm³/mol. The highest BCUT2D eigenvalue weighted by Gasteiger charge is 2.28. The first-order chi connectivity index (χ1) is 18.3. The van der Waals surface area contributed by atoms with E-state index >= 15 is 0 Å². The van der Waals surface area contributed by atoms with E-state index in [9.17, 15) is 4.79 Å². The van der Waals surface area contributed by atoms with Crippen LogP contribution in [0.15, 0.2) is 72.9 Å². The van der Waals surface area contributed by atoms with Crippen molar-refractivity contribution in [3.05, 3.63) is 101 Å². The Morgan fingerprint density at radius 2 is 1.74 bits per heavy atom. The summed E-state index contributed by atoms with van der Waals surface area (Å²) in [6.45, 7) is 7.76. The van der Waals surface area contributed by atoms with Crippen LogP contribution in [-0.4, -0.2) is 34.7 Å². The fourth-order valence-corrected chi connectivity index (χ4v) is 5.25. The van der Waals surface area contributed by atoms with Gasteiger partial charge in [-0.05, 0) is 98.8 Å². The van der Waals surface area contributed by atoms with Crippen molar-refractivity contribution in [3.8, 4) is 5.75 Å². The fraction of sp³-hybridized carbons (Fsp3) is 0.394. The summed E-state index contributed by atoms with van der Waals surface area (Å²) in [4.78, 5) is 19.2. The Morgan fingerprint density at radius 3 is 2.45 bits per heavy atom. The molecule has 5 nitrogen and oxygen atoms in total. The van der Waals surface area contributed by atoms with E-state index in [-0.39, 0.29) is 6.09 Å². The lowest BCUT2D eigenvalue weighted by Gasteiger charge is -2.33. The number of benzene rings is 2. The SMILES string of the molecule is CC(C)(C)OC(=O)N1CCC(c2cnc3c(c2)CC=C(c2ccc(COc4ccccc4)cc2)CC3)CC1. The van der Waals surface area contributed by atoms with Gasteiger partial charge >= 0.3 is 6.09 Å². The zero-order valence-electron chi connectivity index (χ0n) is 22.8. The number of allylic oxidation sites excluding steroid dienone is 2. The maximum atomic E-state index is 12.4. The number of amides is 1. The molecule has 198 valence electrons. The number of likely N-dealkylation sites (tertiary alicyclic amines) is 1. The van der Waals surface area contributed by atoms with Crippen molar-refractivity contribution in [1.82, 2.24) is 9.88 Å². The molecular weight excluding hydrogens is 472 g/mol. The van der Waals surface area contributed by atoms with E-state index in [2.05, 4.69) is 42.6 Å². The minimum atomic E-state index is -0.458. The summed E-state index contributed by atoms with van der Waals surface area (Å²) in [6.07, 6.45) is 8.98. The number of hydrogen-bond donors (Lipinski definition) is 0. The predicted octanol–water partition coefficient (Wildman–Crippen LogP) is 7.35. The molecule has 2 aliphatic rings. The van der Waals surface area contributed by atoms with Crippen molar-refractivity contribution in [2.45, 2.75) is 71.0 Å². The summed E-state index contributed by atoms with van der Waals surface area (Å²) < 4.78 is 11.4. The average Bonchev–Trinajstić information content (AvgIpc) is 3.14. The van der Waals surface area contributed by atoms with Crippen LogP contribution < -0.4 is 4.74 Å². The molecular formula is C33H38N2O3. The summed E-state index contributed by atoms with van der Waals surface area (Å²) in [5.74, 6) is 1.32. The second-order valence-electron chi connectivity index (χ2n) is 11.3. The Hall–Kier alpha value is -3.60. The van der Waals surface area contributed by atoms with Gasteiger partial charge in [0.15, 0.2) is 0 Å². The Balaban J connectivity index is 1.19. The van der Waals surface area contributed by atoms with Crippen molar-refractivity contribution in [1.29, 1.82) is 0 Å². The number of carbonyl (C=O) groups is 1. The third-order valence-corrected chi connectivity index (χ3v) is 7.37. The molecule has 1 aliphatic heterocycles. The maximum absolute atomic E-state index is 12.4. The van der Waals surface area contributed by atoms with Gasteiger partial charge in [0, 0.05) is 25.0 Å². The van der Waals surface area contributed by atoms with Crippen LogP contribution in [0.2, 0.25) is 0 Å². The van der Waals surface area contributed by atoms with Gasteiger partial charge in [-0.1, -0.05) is 54.6 Å². The first kappa shape index (κ1) is 26.0. The highest BCUT2D eigenvalue weighted by molar-refractivity contribution is 5.68. The zero-order chi connectivity index (χ0) is 26.5. The number of hydrogen-bond acceptors (Lipinski definition) is 4. The average molecular weight is 511 g/mol. The smallest absolute Gasteiger partial charge is 0.410 e. The van der Waals surface area contributed by atoms with Gasteiger partial charge in [-0.15, -0.1) is 0 Å². The molecule has 1 saturated heterocycles. The van der Waals surface area contributed by atoms with E-state index in [4.69, 9.17) is 14.5 Å². The van der Waals surface area contributed by atoms with E-state index < -0.39 is 5.60 Å². The van der Waals surface area contributed by atoms with E-state index in [0.29, 0.717) is 12.5 Å². The Labute approximate surface area is 226 Å².